The number of nitrogens with zero attached hydrogens (tertiary/aromatic N) is 2. The smallest absolute Gasteiger partial charge is 0.289 e. The number of carbonyl (C=O) groups is 2. The van der Waals surface area contributed by atoms with E-state index in [-0.39, 0.29) is 30.4 Å². The maximum absolute atomic E-state index is 13.1. The van der Waals surface area contributed by atoms with Crippen molar-refractivity contribution in [2.75, 3.05) is 20.1 Å². The molecule has 1 unspecified atom stereocenters. The van der Waals surface area contributed by atoms with Gasteiger partial charge in [-0.15, -0.1) is 0 Å². The predicted molar refractivity (Wildman–Crippen MR) is 131 cm³/mol. The maximum atomic E-state index is 13.1. The van der Waals surface area contributed by atoms with Crippen molar-refractivity contribution in [1.82, 2.24) is 9.80 Å². The third-order valence-corrected chi connectivity index (χ3v) is 6.31. The van der Waals surface area contributed by atoms with Crippen LogP contribution in [0, 0.1) is 5.92 Å². The van der Waals surface area contributed by atoms with Gasteiger partial charge in [0.1, 0.15) is 18.1 Å². The number of rotatable bonds is 7. The van der Waals surface area contributed by atoms with E-state index >= 15 is 0 Å². The molecule has 2 amide bonds. The van der Waals surface area contributed by atoms with Gasteiger partial charge in [-0.25, -0.2) is 0 Å². The minimum atomic E-state index is -0.152. The molecular formula is C28H32N2O4. The number of furan rings is 1. The molecule has 6 heteroatoms. The lowest BCUT2D eigenvalue weighted by Crippen LogP contribution is -2.42. The molecule has 4 rings (SSSR count). The van der Waals surface area contributed by atoms with Gasteiger partial charge in [-0.2, -0.15) is 0 Å². The van der Waals surface area contributed by atoms with Crippen molar-refractivity contribution in [1.29, 1.82) is 0 Å². The Bertz CT molecular complexity index is 1150. The van der Waals surface area contributed by atoms with Crippen molar-refractivity contribution in [3.63, 3.8) is 0 Å². The van der Waals surface area contributed by atoms with Crippen LogP contribution >= 0.6 is 0 Å². The zero-order valence-electron chi connectivity index (χ0n) is 20.3. The Kier molecular flexibility index (Phi) is 7.06. The summed E-state index contributed by atoms with van der Waals surface area (Å²) in [6.45, 7) is 7.32. The Hall–Kier alpha value is -3.54. The molecule has 0 fully saturated rings. The van der Waals surface area contributed by atoms with E-state index in [0.29, 0.717) is 30.4 Å². The van der Waals surface area contributed by atoms with Crippen LogP contribution in [0.1, 0.15) is 59.8 Å². The van der Waals surface area contributed by atoms with Gasteiger partial charge in [-0.05, 0) is 54.3 Å². The second-order valence-electron chi connectivity index (χ2n) is 8.98. The van der Waals surface area contributed by atoms with Crippen molar-refractivity contribution in [2.24, 2.45) is 5.92 Å². The molecule has 1 aliphatic heterocycles. The van der Waals surface area contributed by atoms with Gasteiger partial charge in [0.05, 0.1) is 6.04 Å². The summed E-state index contributed by atoms with van der Waals surface area (Å²) < 4.78 is 11.7. The fraction of sp³-hybridized carbons (Fsp3) is 0.357. The van der Waals surface area contributed by atoms with Gasteiger partial charge in [-0.3, -0.25) is 9.59 Å². The molecule has 0 saturated heterocycles. The minimum Gasteiger partial charge on any atom is -0.486 e. The van der Waals surface area contributed by atoms with E-state index in [0.717, 1.165) is 17.5 Å². The summed E-state index contributed by atoms with van der Waals surface area (Å²) in [5.41, 5.74) is 3.40. The lowest BCUT2D eigenvalue weighted by molar-refractivity contribution is -0.136. The molecular weight excluding hydrogens is 428 g/mol. The maximum Gasteiger partial charge on any atom is 0.289 e. The molecule has 2 heterocycles. The quantitative estimate of drug-likeness (QED) is 0.493. The van der Waals surface area contributed by atoms with Crippen molar-refractivity contribution < 1.29 is 18.7 Å². The topological polar surface area (TPSA) is 63.0 Å². The van der Waals surface area contributed by atoms with Crippen LogP contribution in [-0.2, 0) is 17.8 Å². The Morgan fingerprint density at radius 3 is 2.59 bits per heavy atom. The van der Waals surface area contributed by atoms with Gasteiger partial charge in [0, 0.05) is 26.1 Å². The summed E-state index contributed by atoms with van der Waals surface area (Å²) in [6, 6.07) is 19.5. The number of fused-ring (bicyclic) bond motifs is 1. The number of hydrogen-bond acceptors (Lipinski definition) is 4. The molecule has 0 N–H and O–H groups in total. The molecule has 3 aromatic rings. The highest BCUT2D eigenvalue weighted by Crippen LogP contribution is 2.38. The van der Waals surface area contributed by atoms with Crippen LogP contribution in [-0.4, -0.2) is 41.8 Å². The third kappa shape index (κ3) is 4.86. The summed E-state index contributed by atoms with van der Waals surface area (Å²) in [5, 5.41) is 0. The summed E-state index contributed by atoms with van der Waals surface area (Å²) in [5.74, 6) is 1.52. The first-order valence-corrected chi connectivity index (χ1v) is 11.8. The first-order chi connectivity index (χ1) is 16.4. The molecule has 0 saturated carbocycles. The van der Waals surface area contributed by atoms with Crippen LogP contribution < -0.4 is 4.74 Å². The average molecular weight is 461 g/mol. The van der Waals surface area contributed by atoms with E-state index in [1.165, 1.54) is 5.56 Å². The number of carbonyl (C=O) groups excluding carboxylic acids is 2. The van der Waals surface area contributed by atoms with Gasteiger partial charge in [0.15, 0.2) is 5.76 Å². The predicted octanol–water partition coefficient (Wildman–Crippen LogP) is 5.08. The number of hydrogen-bond donors (Lipinski definition) is 0. The van der Waals surface area contributed by atoms with Gasteiger partial charge < -0.3 is 19.0 Å². The van der Waals surface area contributed by atoms with E-state index in [2.05, 4.69) is 18.2 Å². The molecule has 0 bridgehead atoms. The number of benzene rings is 2. The van der Waals surface area contributed by atoms with Crippen LogP contribution in [0.5, 0.6) is 5.75 Å². The molecule has 0 aliphatic carbocycles. The van der Waals surface area contributed by atoms with E-state index < -0.39 is 0 Å². The van der Waals surface area contributed by atoms with Crippen molar-refractivity contribution in [2.45, 2.75) is 39.8 Å². The Labute approximate surface area is 201 Å². The molecule has 178 valence electrons. The van der Waals surface area contributed by atoms with Crippen LogP contribution in [0.25, 0.3) is 0 Å². The Morgan fingerprint density at radius 2 is 1.88 bits per heavy atom. The van der Waals surface area contributed by atoms with Gasteiger partial charge >= 0.3 is 0 Å². The molecule has 2 aromatic carbocycles. The first-order valence-electron chi connectivity index (χ1n) is 11.8. The molecule has 1 atom stereocenters. The normalized spacial score (nSPS) is 15.2. The minimum absolute atomic E-state index is 0.0743. The lowest BCUT2D eigenvalue weighted by Gasteiger charge is -2.39. The fourth-order valence-corrected chi connectivity index (χ4v) is 4.30. The van der Waals surface area contributed by atoms with Crippen molar-refractivity contribution in [3.05, 3.63) is 88.9 Å². The van der Waals surface area contributed by atoms with E-state index in [1.54, 1.807) is 24.1 Å². The summed E-state index contributed by atoms with van der Waals surface area (Å²) in [7, 11) is 1.74. The van der Waals surface area contributed by atoms with Crippen LogP contribution in [0.3, 0.4) is 0 Å². The summed E-state index contributed by atoms with van der Waals surface area (Å²) in [6.07, 6.45) is 0.812. The van der Waals surface area contributed by atoms with Crippen molar-refractivity contribution in [3.8, 4) is 5.75 Å². The summed E-state index contributed by atoms with van der Waals surface area (Å²) in [4.78, 5) is 28.9. The molecule has 34 heavy (non-hydrogen) atoms. The standard InChI is InChI=1S/C28H32N2O4/c1-5-29(4)28(32)25-14-13-23(34-25)18-33-22-12-11-20-15-16-30(27(31)19(2)3)26(24(20)17-22)21-9-7-6-8-10-21/h6-14,17,19,26H,5,15-16,18H2,1-4H3. The van der Waals surface area contributed by atoms with Crippen molar-refractivity contribution >= 4 is 11.8 Å². The Morgan fingerprint density at radius 1 is 1.12 bits per heavy atom. The van der Waals surface area contributed by atoms with E-state index in [4.69, 9.17) is 9.15 Å². The van der Waals surface area contributed by atoms with Crippen LogP contribution in [0.2, 0.25) is 0 Å². The fourth-order valence-electron chi connectivity index (χ4n) is 4.30. The molecule has 1 aromatic heterocycles. The second-order valence-corrected chi connectivity index (χ2v) is 8.98. The van der Waals surface area contributed by atoms with Gasteiger partial charge in [-0.1, -0.05) is 50.2 Å². The van der Waals surface area contributed by atoms with E-state index in [9.17, 15) is 9.59 Å². The number of ether oxygens (including phenoxy) is 1. The average Bonchev–Trinajstić information content (AvgIpc) is 3.34. The zero-order chi connectivity index (χ0) is 24.2. The SMILES string of the molecule is CCN(C)C(=O)c1ccc(COc2ccc3c(c2)C(c2ccccc2)N(C(=O)C(C)C)CC3)o1. The monoisotopic (exact) mass is 460 g/mol. The zero-order valence-corrected chi connectivity index (χ0v) is 20.3. The highest BCUT2D eigenvalue weighted by molar-refractivity contribution is 5.91. The second kappa shape index (κ2) is 10.2. The number of amides is 2. The van der Waals surface area contributed by atoms with Crippen LogP contribution in [0.15, 0.2) is 65.1 Å². The molecule has 6 nitrogen and oxygen atoms in total. The van der Waals surface area contributed by atoms with Gasteiger partial charge in [0.25, 0.3) is 5.91 Å². The molecule has 1 aliphatic rings. The first kappa shape index (κ1) is 23.6. The van der Waals surface area contributed by atoms with Crippen LogP contribution in [0.4, 0.5) is 0 Å². The van der Waals surface area contributed by atoms with Gasteiger partial charge in [0.2, 0.25) is 5.91 Å². The highest BCUT2D eigenvalue weighted by atomic mass is 16.5. The highest BCUT2D eigenvalue weighted by Gasteiger charge is 2.33. The Balaban J connectivity index is 1.58. The lowest BCUT2D eigenvalue weighted by atomic mass is 9.87. The van der Waals surface area contributed by atoms with E-state index in [1.807, 2.05) is 56.0 Å². The third-order valence-electron chi connectivity index (χ3n) is 6.31. The largest absolute Gasteiger partial charge is 0.486 e. The summed E-state index contributed by atoms with van der Waals surface area (Å²) >= 11 is 0. The molecule has 0 radical (unpaired) electrons. The molecule has 0 spiro atoms.